The minimum Gasteiger partial charge on any atom is -0.497 e. The van der Waals surface area contributed by atoms with E-state index in [9.17, 15) is 4.79 Å². The second-order valence-electron chi connectivity index (χ2n) is 6.67. The van der Waals surface area contributed by atoms with E-state index in [1.807, 2.05) is 12.1 Å². The number of methoxy groups -OCH3 is 4. The minimum atomic E-state index is -0.560. The van der Waals surface area contributed by atoms with Gasteiger partial charge in [-0.2, -0.15) is 0 Å². The lowest BCUT2D eigenvalue weighted by Gasteiger charge is -2.31. The second-order valence-corrected chi connectivity index (χ2v) is 7.08. The van der Waals surface area contributed by atoms with Crippen molar-refractivity contribution in [3.8, 4) is 23.0 Å². The van der Waals surface area contributed by atoms with Gasteiger partial charge in [0.05, 0.1) is 45.7 Å². The fraction of sp³-hybridized carbons (Fsp3) is 0.273. The second kappa shape index (κ2) is 9.57. The average molecular weight is 444 g/mol. The summed E-state index contributed by atoms with van der Waals surface area (Å²) in [7, 11) is 6.21. The molecule has 164 valence electrons. The van der Waals surface area contributed by atoms with E-state index >= 15 is 0 Å². The molecule has 8 nitrogen and oxygen atoms in total. The Bertz CT molecular complexity index is 1040. The first-order valence-electron chi connectivity index (χ1n) is 9.46. The van der Waals surface area contributed by atoms with E-state index in [1.54, 1.807) is 52.5 Å². The predicted molar refractivity (Wildman–Crippen MR) is 122 cm³/mol. The first kappa shape index (κ1) is 22.2. The molecule has 31 heavy (non-hydrogen) atoms. The maximum atomic E-state index is 13.4. The van der Waals surface area contributed by atoms with Crippen LogP contribution < -0.4 is 34.9 Å². The van der Waals surface area contributed by atoms with Crippen LogP contribution in [-0.4, -0.2) is 39.5 Å². The van der Waals surface area contributed by atoms with Crippen LogP contribution in [0.25, 0.3) is 0 Å². The van der Waals surface area contributed by atoms with Gasteiger partial charge < -0.3 is 34.9 Å². The van der Waals surface area contributed by atoms with E-state index in [-0.39, 0.29) is 5.91 Å². The van der Waals surface area contributed by atoms with Crippen LogP contribution in [0.3, 0.4) is 0 Å². The molecule has 3 N–H and O–H groups in total. The summed E-state index contributed by atoms with van der Waals surface area (Å²) in [4.78, 5) is 13.4. The fourth-order valence-electron chi connectivity index (χ4n) is 3.47. The molecule has 0 saturated carbocycles. The summed E-state index contributed by atoms with van der Waals surface area (Å²) in [5.74, 6) is 1.84. The maximum absolute atomic E-state index is 13.4. The Balaban J connectivity index is 2.05. The van der Waals surface area contributed by atoms with Crippen molar-refractivity contribution in [2.75, 3.05) is 33.8 Å². The molecule has 0 unspecified atom stereocenters. The van der Waals surface area contributed by atoms with Crippen LogP contribution in [-0.2, 0) is 4.79 Å². The Morgan fingerprint density at radius 1 is 1.00 bits per heavy atom. The van der Waals surface area contributed by atoms with Crippen LogP contribution in [0.5, 0.6) is 23.0 Å². The standard InChI is InChI=1S/C22H25N3O5S/c1-12-18(21(26)24-15-11-13(27-2)9-10-16(15)28-3)19(25-22(31)23-12)14-7-6-8-17(29-4)20(14)30-5/h6-11,19H,1-5H3,(H,24,26)(H2,23,25,31)/t19-/m1/s1. The summed E-state index contributed by atoms with van der Waals surface area (Å²) >= 11 is 5.35. The minimum absolute atomic E-state index is 0.332. The van der Waals surface area contributed by atoms with Gasteiger partial charge in [0.1, 0.15) is 11.5 Å². The van der Waals surface area contributed by atoms with Gasteiger partial charge in [-0.1, -0.05) is 12.1 Å². The number of carbonyl (C=O) groups excluding carboxylic acids is 1. The summed E-state index contributed by atoms with van der Waals surface area (Å²) in [6, 6.07) is 10.1. The first-order valence-corrected chi connectivity index (χ1v) is 9.86. The van der Waals surface area contributed by atoms with E-state index in [4.69, 9.17) is 31.2 Å². The van der Waals surface area contributed by atoms with Gasteiger partial charge in [0.25, 0.3) is 5.91 Å². The molecule has 1 atom stereocenters. The summed E-state index contributed by atoms with van der Waals surface area (Å²) < 4.78 is 21.7. The molecule has 0 bridgehead atoms. The molecule has 0 saturated heterocycles. The van der Waals surface area contributed by atoms with E-state index in [2.05, 4.69) is 16.0 Å². The molecule has 1 aliphatic heterocycles. The highest BCUT2D eigenvalue weighted by molar-refractivity contribution is 7.80. The Labute approximate surface area is 186 Å². The smallest absolute Gasteiger partial charge is 0.255 e. The third-order valence-electron chi connectivity index (χ3n) is 4.91. The molecule has 1 aliphatic rings. The van der Waals surface area contributed by atoms with Gasteiger partial charge in [0.2, 0.25) is 0 Å². The topological polar surface area (TPSA) is 90.1 Å². The summed E-state index contributed by atoms with van der Waals surface area (Å²) in [5.41, 5.74) is 2.27. The van der Waals surface area contributed by atoms with Gasteiger partial charge >= 0.3 is 0 Å². The van der Waals surface area contributed by atoms with E-state index in [0.717, 1.165) is 0 Å². The van der Waals surface area contributed by atoms with Crippen LogP contribution in [0.4, 0.5) is 5.69 Å². The number of ether oxygens (including phenoxy) is 4. The normalized spacial score (nSPS) is 15.5. The molecule has 2 aromatic rings. The fourth-order valence-corrected chi connectivity index (χ4v) is 3.74. The Morgan fingerprint density at radius 2 is 1.74 bits per heavy atom. The van der Waals surface area contributed by atoms with Crippen molar-refractivity contribution in [2.24, 2.45) is 0 Å². The number of allylic oxidation sites excluding steroid dienone is 1. The van der Waals surface area contributed by atoms with Crippen molar-refractivity contribution in [3.63, 3.8) is 0 Å². The van der Waals surface area contributed by atoms with Crippen LogP contribution in [0, 0.1) is 0 Å². The van der Waals surface area contributed by atoms with Gasteiger partial charge in [-0.05, 0) is 37.3 Å². The zero-order chi connectivity index (χ0) is 22.5. The summed E-state index contributed by atoms with van der Waals surface area (Å²) in [6.07, 6.45) is 0. The Hall–Kier alpha value is -3.46. The number of amides is 1. The lowest BCUT2D eigenvalue weighted by atomic mass is 9.93. The number of benzene rings is 2. The lowest BCUT2D eigenvalue weighted by Crippen LogP contribution is -2.45. The van der Waals surface area contributed by atoms with Crippen LogP contribution in [0.15, 0.2) is 47.7 Å². The largest absolute Gasteiger partial charge is 0.497 e. The number of para-hydroxylation sites is 1. The molecular weight excluding hydrogens is 418 g/mol. The molecule has 3 rings (SSSR count). The highest BCUT2D eigenvalue weighted by Crippen LogP contribution is 2.39. The number of hydrogen-bond acceptors (Lipinski definition) is 6. The number of hydrogen-bond donors (Lipinski definition) is 3. The number of carbonyl (C=O) groups is 1. The molecular formula is C22H25N3O5S. The Kier molecular flexibility index (Phi) is 6.86. The molecule has 1 heterocycles. The van der Waals surface area contributed by atoms with Gasteiger partial charge in [-0.15, -0.1) is 0 Å². The molecule has 0 aliphatic carbocycles. The number of rotatable bonds is 7. The quantitative estimate of drug-likeness (QED) is 0.563. The van der Waals surface area contributed by atoms with Gasteiger partial charge in [0.15, 0.2) is 16.6 Å². The average Bonchev–Trinajstić information content (AvgIpc) is 2.77. The van der Waals surface area contributed by atoms with Gasteiger partial charge in [0, 0.05) is 17.3 Å². The molecule has 1 amide bonds. The van der Waals surface area contributed by atoms with Crippen molar-refractivity contribution in [1.82, 2.24) is 10.6 Å². The van der Waals surface area contributed by atoms with Crippen LogP contribution >= 0.6 is 12.2 Å². The van der Waals surface area contributed by atoms with Crippen molar-refractivity contribution in [2.45, 2.75) is 13.0 Å². The molecule has 0 spiro atoms. The summed E-state index contributed by atoms with van der Waals surface area (Å²) in [5, 5.41) is 9.52. The number of nitrogens with one attached hydrogen (secondary N) is 3. The van der Waals surface area contributed by atoms with Crippen molar-refractivity contribution >= 4 is 28.9 Å². The Morgan fingerprint density at radius 3 is 2.39 bits per heavy atom. The van der Waals surface area contributed by atoms with E-state index in [1.165, 1.54) is 7.11 Å². The van der Waals surface area contributed by atoms with Crippen molar-refractivity contribution in [1.29, 1.82) is 0 Å². The molecule has 0 aromatic heterocycles. The highest BCUT2D eigenvalue weighted by atomic mass is 32.1. The van der Waals surface area contributed by atoms with Crippen molar-refractivity contribution < 1.29 is 23.7 Å². The number of thiocarbonyl (C=S) groups is 1. The molecule has 9 heteroatoms. The van der Waals surface area contributed by atoms with Crippen molar-refractivity contribution in [3.05, 3.63) is 53.2 Å². The van der Waals surface area contributed by atoms with Crippen LogP contribution in [0.2, 0.25) is 0 Å². The monoisotopic (exact) mass is 443 g/mol. The zero-order valence-electron chi connectivity index (χ0n) is 18.0. The maximum Gasteiger partial charge on any atom is 0.255 e. The predicted octanol–water partition coefficient (Wildman–Crippen LogP) is 3.15. The van der Waals surface area contributed by atoms with Crippen LogP contribution in [0.1, 0.15) is 18.5 Å². The SMILES string of the molecule is COc1ccc(OC)c(NC(=O)C2=C(C)NC(=S)N[C@@H]2c2cccc(OC)c2OC)c1. The van der Waals surface area contributed by atoms with E-state index < -0.39 is 6.04 Å². The summed E-state index contributed by atoms with van der Waals surface area (Å²) in [6.45, 7) is 1.80. The highest BCUT2D eigenvalue weighted by Gasteiger charge is 2.33. The van der Waals surface area contributed by atoms with E-state index in [0.29, 0.717) is 50.6 Å². The molecule has 2 aromatic carbocycles. The third-order valence-corrected chi connectivity index (χ3v) is 5.13. The first-order chi connectivity index (χ1) is 14.9. The zero-order valence-corrected chi connectivity index (χ0v) is 18.8. The third kappa shape index (κ3) is 4.51. The lowest BCUT2D eigenvalue weighted by molar-refractivity contribution is -0.113. The van der Waals surface area contributed by atoms with Gasteiger partial charge in [-0.25, -0.2) is 0 Å². The molecule has 0 radical (unpaired) electrons. The molecule has 0 fully saturated rings. The van der Waals surface area contributed by atoms with Gasteiger partial charge in [-0.3, -0.25) is 4.79 Å². The number of anilines is 1.